The highest BCUT2D eigenvalue weighted by Crippen LogP contribution is 2.23. The normalized spacial score (nSPS) is 12.1. The number of nitrogens with one attached hydrogen (secondary N) is 1. The summed E-state index contributed by atoms with van der Waals surface area (Å²) in [6.45, 7) is 7.97. The van der Waals surface area contributed by atoms with E-state index in [1.165, 1.54) is 6.33 Å². The molecular weight excluding hydrogens is 306 g/mol. The zero-order valence-electron chi connectivity index (χ0n) is 15.5. The number of ether oxygens (including phenoxy) is 2. The highest BCUT2D eigenvalue weighted by Gasteiger charge is 2.08. The Morgan fingerprint density at radius 3 is 2.50 bits per heavy atom. The number of aryl methyl sites for hydroxylation is 1. The maximum absolute atomic E-state index is 8.68. The predicted molar refractivity (Wildman–Crippen MR) is 97.0 cm³/mol. The molecular formula is C18H29N3O3. The number of nitrogens with zero attached hydrogens (tertiary/aromatic N) is 2. The third-order valence-electron chi connectivity index (χ3n) is 3.26. The van der Waals surface area contributed by atoms with Gasteiger partial charge in [0.1, 0.15) is 12.0 Å². The van der Waals surface area contributed by atoms with Crippen molar-refractivity contribution in [2.24, 2.45) is 5.92 Å². The Balaban J connectivity index is 0.000000407. The number of aliphatic hydroxyl groups is 1. The molecule has 0 saturated carbocycles. The van der Waals surface area contributed by atoms with Gasteiger partial charge in [0.2, 0.25) is 5.88 Å². The zero-order valence-corrected chi connectivity index (χ0v) is 15.5. The molecule has 2 aromatic heterocycles. The van der Waals surface area contributed by atoms with Crippen molar-refractivity contribution >= 4 is 11.0 Å². The average molecular weight is 335 g/mol. The van der Waals surface area contributed by atoms with E-state index in [-0.39, 0.29) is 18.6 Å². The van der Waals surface area contributed by atoms with Gasteiger partial charge in [-0.2, -0.15) is 0 Å². The molecule has 24 heavy (non-hydrogen) atoms. The van der Waals surface area contributed by atoms with Crippen molar-refractivity contribution < 1.29 is 14.6 Å². The number of rotatable bonds is 5. The van der Waals surface area contributed by atoms with E-state index in [1.807, 2.05) is 33.9 Å². The number of hydrogen-bond donors (Lipinski definition) is 2. The molecule has 0 spiro atoms. The summed E-state index contributed by atoms with van der Waals surface area (Å²) in [5.74, 6) is 3.37. The summed E-state index contributed by atoms with van der Waals surface area (Å²) in [5, 5.41) is 9.64. The van der Waals surface area contributed by atoms with E-state index in [0.29, 0.717) is 5.88 Å². The second-order valence-corrected chi connectivity index (χ2v) is 4.92. The Hall–Kier alpha value is -2.10. The van der Waals surface area contributed by atoms with E-state index in [0.717, 1.165) is 23.0 Å². The van der Waals surface area contributed by atoms with Crippen molar-refractivity contribution in [1.82, 2.24) is 15.0 Å². The van der Waals surface area contributed by atoms with Crippen LogP contribution in [-0.4, -0.2) is 47.0 Å². The van der Waals surface area contributed by atoms with Gasteiger partial charge in [-0.15, -0.1) is 12.3 Å². The van der Waals surface area contributed by atoms with Crippen molar-refractivity contribution in [1.29, 1.82) is 0 Å². The second-order valence-electron chi connectivity index (χ2n) is 4.92. The molecule has 2 heterocycles. The lowest BCUT2D eigenvalue weighted by molar-refractivity contribution is 0.0379. The van der Waals surface area contributed by atoms with Crippen LogP contribution in [-0.2, 0) is 4.74 Å². The summed E-state index contributed by atoms with van der Waals surface area (Å²) in [4.78, 5) is 11.1. The number of methoxy groups -OCH3 is 2. The fourth-order valence-electron chi connectivity index (χ4n) is 1.95. The first-order valence-corrected chi connectivity index (χ1v) is 7.99. The Bertz CT molecular complexity index is 615. The highest BCUT2D eigenvalue weighted by atomic mass is 16.5. The van der Waals surface area contributed by atoms with Crippen LogP contribution in [0.25, 0.3) is 11.0 Å². The summed E-state index contributed by atoms with van der Waals surface area (Å²) in [5.41, 5.74) is 1.92. The Labute approximate surface area is 144 Å². The molecule has 2 rings (SSSR count). The minimum atomic E-state index is -0.106. The number of H-pyrrole nitrogens is 1. The van der Waals surface area contributed by atoms with E-state index in [1.54, 1.807) is 14.2 Å². The molecule has 134 valence electrons. The smallest absolute Gasteiger partial charge is 0.226 e. The van der Waals surface area contributed by atoms with Gasteiger partial charge in [-0.3, -0.25) is 0 Å². The van der Waals surface area contributed by atoms with Crippen LogP contribution in [0.3, 0.4) is 0 Å². The minimum Gasteiger partial charge on any atom is -0.480 e. The first kappa shape index (κ1) is 21.9. The molecule has 1 unspecified atom stereocenters. The number of hydrogen-bond acceptors (Lipinski definition) is 5. The fraction of sp³-hybridized carbons (Fsp3) is 0.556. The standard InChI is InChI=1S/C8H9N3O.C8H14O2.C2H6/c1-5-3-9-7-6(5)8(12-2)11-4-10-7;1-4-7(2)5-8(6-9)10-3;1-2/h3-4H,1-2H3,(H,9,10,11);1,7-9H,5-6H2,2-3H3;1-2H3/t;7?,8-;/m.0./s1. The summed E-state index contributed by atoms with van der Waals surface area (Å²) in [6.07, 6.45) is 9.14. The van der Waals surface area contributed by atoms with Crippen molar-refractivity contribution in [3.8, 4) is 18.2 Å². The third-order valence-corrected chi connectivity index (χ3v) is 3.26. The first-order chi connectivity index (χ1) is 11.6. The molecule has 0 amide bonds. The molecule has 0 aliphatic carbocycles. The van der Waals surface area contributed by atoms with Crippen LogP contribution in [0.4, 0.5) is 0 Å². The van der Waals surface area contributed by atoms with Crippen LogP contribution in [0.5, 0.6) is 5.88 Å². The summed E-state index contributed by atoms with van der Waals surface area (Å²) in [7, 11) is 3.18. The van der Waals surface area contributed by atoms with Gasteiger partial charge in [0, 0.05) is 19.2 Å². The quantitative estimate of drug-likeness (QED) is 0.821. The van der Waals surface area contributed by atoms with Crippen LogP contribution >= 0.6 is 0 Å². The van der Waals surface area contributed by atoms with Gasteiger partial charge in [0.05, 0.1) is 25.2 Å². The highest BCUT2D eigenvalue weighted by molar-refractivity contribution is 5.84. The van der Waals surface area contributed by atoms with Crippen LogP contribution in [0, 0.1) is 25.2 Å². The molecule has 0 aliphatic rings. The number of fused-ring (bicyclic) bond motifs is 1. The van der Waals surface area contributed by atoms with Gasteiger partial charge in [-0.25, -0.2) is 9.97 Å². The number of aliphatic hydroxyl groups excluding tert-OH is 1. The van der Waals surface area contributed by atoms with Crippen LogP contribution < -0.4 is 4.74 Å². The van der Waals surface area contributed by atoms with E-state index < -0.39 is 0 Å². The molecule has 0 saturated heterocycles. The molecule has 6 heteroatoms. The maximum Gasteiger partial charge on any atom is 0.226 e. The van der Waals surface area contributed by atoms with E-state index in [9.17, 15) is 0 Å². The van der Waals surface area contributed by atoms with Crippen LogP contribution in [0.1, 0.15) is 32.8 Å². The van der Waals surface area contributed by atoms with Gasteiger partial charge >= 0.3 is 0 Å². The molecule has 2 aromatic rings. The minimum absolute atomic E-state index is 0.0442. The lowest BCUT2D eigenvalue weighted by atomic mass is 10.1. The van der Waals surface area contributed by atoms with Crippen molar-refractivity contribution in [3.05, 3.63) is 18.1 Å². The molecule has 0 aliphatic heterocycles. The fourth-order valence-corrected chi connectivity index (χ4v) is 1.95. The summed E-state index contributed by atoms with van der Waals surface area (Å²) < 4.78 is 10.0. The van der Waals surface area contributed by atoms with E-state index >= 15 is 0 Å². The van der Waals surface area contributed by atoms with Crippen molar-refractivity contribution in [3.63, 3.8) is 0 Å². The number of aromatic nitrogens is 3. The molecule has 0 fully saturated rings. The van der Waals surface area contributed by atoms with Crippen molar-refractivity contribution in [2.45, 2.75) is 40.2 Å². The summed E-state index contributed by atoms with van der Waals surface area (Å²) in [6, 6.07) is 0. The van der Waals surface area contributed by atoms with Crippen molar-refractivity contribution in [2.75, 3.05) is 20.8 Å². The molecule has 0 bridgehead atoms. The van der Waals surface area contributed by atoms with Gasteiger partial charge in [0.25, 0.3) is 0 Å². The van der Waals surface area contributed by atoms with E-state index in [4.69, 9.17) is 21.0 Å². The lowest BCUT2D eigenvalue weighted by Gasteiger charge is -2.13. The maximum atomic E-state index is 8.68. The molecule has 2 N–H and O–H groups in total. The van der Waals surface area contributed by atoms with E-state index in [2.05, 4.69) is 20.9 Å². The topological polar surface area (TPSA) is 80.3 Å². The Kier molecular flexibility index (Phi) is 11.3. The number of terminal acetylenes is 1. The SMILES string of the molecule is C#CC(C)C[C@@H](CO)OC.CC.COc1ncnc2[nH]cc(C)c12. The number of aromatic amines is 1. The molecule has 2 atom stereocenters. The zero-order chi connectivity index (χ0) is 18.5. The Morgan fingerprint density at radius 1 is 1.33 bits per heavy atom. The van der Waals surface area contributed by atoms with Crippen LogP contribution in [0.15, 0.2) is 12.5 Å². The third kappa shape index (κ3) is 6.57. The van der Waals surface area contributed by atoms with Crippen LogP contribution in [0.2, 0.25) is 0 Å². The lowest BCUT2D eigenvalue weighted by Crippen LogP contribution is -2.18. The van der Waals surface area contributed by atoms with Gasteiger partial charge < -0.3 is 19.6 Å². The summed E-state index contributed by atoms with van der Waals surface area (Å²) >= 11 is 0. The van der Waals surface area contributed by atoms with Gasteiger partial charge in [-0.05, 0) is 18.9 Å². The molecule has 6 nitrogen and oxygen atoms in total. The molecule has 0 radical (unpaired) electrons. The average Bonchev–Trinajstić information content (AvgIpc) is 3.03. The first-order valence-electron chi connectivity index (χ1n) is 7.99. The van der Waals surface area contributed by atoms with Gasteiger partial charge in [0.15, 0.2) is 0 Å². The Morgan fingerprint density at radius 2 is 2.00 bits per heavy atom. The monoisotopic (exact) mass is 335 g/mol. The largest absolute Gasteiger partial charge is 0.480 e. The predicted octanol–water partition coefficient (Wildman–Crippen LogP) is 2.95. The second kappa shape index (κ2) is 12.3. The van der Waals surface area contributed by atoms with Gasteiger partial charge in [-0.1, -0.05) is 20.8 Å². The molecule has 0 aromatic carbocycles.